The third kappa shape index (κ3) is 4.38. The molecule has 18 heavy (non-hydrogen) atoms. The van der Waals surface area contributed by atoms with Gasteiger partial charge >= 0.3 is 0 Å². The molecule has 1 aromatic heterocycles. The van der Waals surface area contributed by atoms with Crippen molar-refractivity contribution >= 4 is 11.3 Å². The number of nitrogens with zero attached hydrogens (tertiary/aromatic N) is 1. The topological polar surface area (TPSA) is 15.3 Å². The average Bonchev–Trinajstić information content (AvgIpc) is 2.79. The first kappa shape index (κ1) is 14.0. The molecule has 1 atom stereocenters. The summed E-state index contributed by atoms with van der Waals surface area (Å²) in [6.07, 6.45) is 6.82. The number of hydrogen-bond acceptors (Lipinski definition) is 3. The molecule has 1 aliphatic heterocycles. The van der Waals surface area contributed by atoms with E-state index in [1.54, 1.807) is 0 Å². The van der Waals surface area contributed by atoms with Crippen LogP contribution in [0.25, 0.3) is 0 Å². The molecule has 0 bridgehead atoms. The minimum Gasteiger partial charge on any atom is -0.308 e. The Bertz CT molecular complexity index is 302. The summed E-state index contributed by atoms with van der Waals surface area (Å²) < 4.78 is 0. The SMILES string of the molecule is CCC(NCCN1CCCCCC1)c1cccs1. The van der Waals surface area contributed by atoms with E-state index < -0.39 is 0 Å². The van der Waals surface area contributed by atoms with E-state index in [2.05, 4.69) is 34.7 Å². The van der Waals surface area contributed by atoms with Crippen molar-refractivity contribution in [3.05, 3.63) is 22.4 Å². The van der Waals surface area contributed by atoms with Crippen LogP contribution in [0.1, 0.15) is 49.9 Å². The van der Waals surface area contributed by atoms with E-state index in [-0.39, 0.29) is 0 Å². The summed E-state index contributed by atoms with van der Waals surface area (Å²) in [6.45, 7) is 7.20. The second-order valence-electron chi connectivity index (χ2n) is 5.19. The number of nitrogens with one attached hydrogen (secondary N) is 1. The molecule has 0 aliphatic carbocycles. The predicted molar refractivity (Wildman–Crippen MR) is 80.3 cm³/mol. The molecule has 1 aromatic rings. The first-order valence-electron chi connectivity index (χ1n) is 7.39. The molecule has 2 heterocycles. The second kappa shape index (κ2) is 7.93. The monoisotopic (exact) mass is 266 g/mol. The van der Waals surface area contributed by atoms with Gasteiger partial charge in [-0.05, 0) is 43.8 Å². The van der Waals surface area contributed by atoms with Gasteiger partial charge in [0.25, 0.3) is 0 Å². The largest absolute Gasteiger partial charge is 0.308 e. The number of hydrogen-bond donors (Lipinski definition) is 1. The Hall–Kier alpha value is -0.380. The van der Waals surface area contributed by atoms with E-state index in [1.807, 2.05) is 11.3 Å². The fourth-order valence-electron chi connectivity index (χ4n) is 2.69. The van der Waals surface area contributed by atoms with E-state index in [9.17, 15) is 0 Å². The van der Waals surface area contributed by atoms with Crippen LogP contribution in [-0.4, -0.2) is 31.1 Å². The maximum atomic E-state index is 3.71. The molecule has 0 saturated carbocycles. The summed E-state index contributed by atoms with van der Waals surface area (Å²) in [4.78, 5) is 4.11. The highest BCUT2D eigenvalue weighted by Gasteiger charge is 2.11. The van der Waals surface area contributed by atoms with Gasteiger partial charge in [-0.3, -0.25) is 0 Å². The van der Waals surface area contributed by atoms with Gasteiger partial charge in [0.2, 0.25) is 0 Å². The van der Waals surface area contributed by atoms with Crippen molar-refractivity contribution in [3.63, 3.8) is 0 Å². The standard InChI is InChI=1S/C15H26N2S/c1-2-14(15-8-7-13-18-15)16-9-12-17-10-5-3-4-6-11-17/h7-8,13-14,16H,2-6,9-12H2,1H3. The Kier molecular flexibility index (Phi) is 6.18. The highest BCUT2D eigenvalue weighted by atomic mass is 32.1. The Balaban J connectivity index is 1.70. The van der Waals surface area contributed by atoms with Crippen molar-refractivity contribution < 1.29 is 0 Å². The van der Waals surface area contributed by atoms with Gasteiger partial charge in [0.15, 0.2) is 0 Å². The maximum absolute atomic E-state index is 3.71. The van der Waals surface area contributed by atoms with Crippen LogP contribution >= 0.6 is 11.3 Å². The van der Waals surface area contributed by atoms with Crippen LogP contribution in [-0.2, 0) is 0 Å². The lowest BCUT2D eigenvalue weighted by Crippen LogP contribution is -2.34. The molecule has 1 unspecified atom stereocenters. The van der Waals surface area contributed by atoms with Crippen molar-refractivity contribution in [1.82, 2.24) is 10.2 Å². The molecule has 3 heteroatoms. The number of likely N-dealkylation sites (tertiary alicyclic amines) is 1. The maximum Gasteiger partial charge on any atom is 0.0412 e. The minimum absolute atomic E-state index is 0.553. The summed E-state index contributed by atoms with van der Waals surface area (Å²) in [7, 11) is 0. The molecular weight excluding hydrogens is 240 g/mol. The Morgan fingerprint density at radius 3 is 2.67 bits per heavy atom. The van der Waals surface area contributed by atoms with Crippen LogP contribution in [0.3, 0.4) is 0 Å². The molecule has 0 amide bonds. The smallest absolute Gasteiger partial charge is 0.0412 e. The van der Waals surface area contributed by atoms with Crippen LogP contribution in [0.2, 0.25) is 0 Å². The molecular formula is C15H26N2S. The molecule has 1 aliphatic rings. The zero-order valence-electron chi connectivity index (χ0n) is 11.5. The molecule has 0 aromatic carbocycles. The third-order valence-electron chi connectivity index (χ3n) is 3.81. The van der Waals surface area contributed by atoms with Crippen LogP contribution in [0, 0.1) is 0 Å². The third-order valence-corrected chi connectivity index (χ3v) is 4.80. The van der Waals surface area contributed by atoms with E-state index in [0.717, 1.165) is 6.54 Å². The van der Waals surface area contributed by atoms with Gasteiger partial charge in [0, 0.05) is 24.0 Å². The summed E-state index contributed by atoms with van der Waals surface area (Å²) in [5, 5.41) is 5.88. The predicted octanol–water partition coefficient (Wildman–Crippen LogP) is 3.66. The zero-order valence-corrected chi connectivity index (χ0v) is 12.3. The fraction of sp³-hybridized carbons (Fsp3) is 0.733. The van der Waals surface area contributed by atoms with Crippen LogP contribution < -0.4 is 5.32 Å². The molecule has 1 N–H and O–H groups in total. The van der Waals surface area contributed by atoms with Gasteiger partial charge in [-0.1, -0.05) is 25.8 Å². The van der Waals surface area contributed by atoms with Gasteiger partial charge < -0.3 is 10.2 Å². The normalized spacial score (nSPS) is 19.6. The quantitative estimate of drug-likeness (QED) is 0.845. The van der Waals surface area contributed by atoms with Crippen molar-refractivity contribution in [2.45, 2.75) is 45.1 Å². The van der Waals surface area contributed by atoms with E-state index >= 15 is 0 Å². The molecule has 102 valence electrons. The molecule has 2 nitrogen and oxygen atoms in total. The van der Waals surface area contributed by atoms with Crippen molar-refractivity contribution in [2.75, 3.05) is 26.2 Å². The Labute approximate surface area is 115 Å². The number of rotatable bonds is 6. The van der Waals surface area contributed by atoms with Crippen LogP contribution in [0.5, 0.6) is 0 Å². The second-order valence-corrected chi connectivity index (χ2v) is 6.17. The van der Waals surface area contributed by atoms with Crippen LogP contribution in [0.4, 0.5) is 0 Å². The van der Waals surface area contributed by atoms with Gasteiger partial charge in [-0.15, -0.1) is 11.3 Å². The van der Waals surface area contributed by atoms with Crippen molar-refractivity contribution in [2.24, 2.45) is 0 Å². The zero-order chi connectivity index (χ0) is 12.6. The highest BCUT2D eigenvalue weighted by molar-refractivity contribution is 7.10. The van der Waals surface area contributed by atoms with Crippen molar-refractivity contribution in [3.8, 4) is 0 Å². The molecule has 2 rings (SSSR count). The lowest BCUT2D eigenvalue weighted by molar-refractivity contribution is 0.279. The average molecular weight is 266 g/mol. The Morgan fingerprint density at radius 2 is 2.06 bits per heavy atom. The fourth-order valence-corrected chi connectivity index (χ4v) is 3.58. The van der Waals surface area contributed by atoms with E-state index in [0.29, 0.717) is 6.04 Å². The first-order chi connectivity index (χ1) is 8.90. The van der Waals surface area contributed by atoms with Gasteiger partial charge in [0.1, 0.15) is 0 Å². The Morgan fingerprint density at radius 1 is 1.28 bits per heavy atom. The summed E-state index contributed by atoms with van der Waals surface area (Å²) in [5.41, 5.74) is 0. The van der Waals surface area contributed by atoms with Crippen molar-refractivity contribution in [1.29, 1.82) is 0 Å². The van der Waals surface area contributed by atoms with Gasteiger partial charge in [0.05, 0.1) is 0 Å². The van der Waals surface area contributed by atoms with Crippen LogP contribution in [0.15, 0.2) is 17.5 Å². The summed E-state index contributed by atoms with van der Waals surface area (Å²) in [5.74, 6) is 0. The molecule has 1 saturated heterocycles. The number of thiophene rings is 1. The molecule has 0 radical (unpaired) electrons. The molecule has 1 fully saturated rings. The van der Waals surface area contributed by atoms with E-state index in [1.165, 1.54) is 56.6 Å². The first-order valence-corrected chi connectivity index (χ1v) is 8.27. The lowest BCUT2D eigenvalue weighted by atomic mass is 10.2. The van der Waals surface area contributed by atoms with Gasteiger partial charge in [-0.25, -0.2) is 0 Å². The lowest BCUT2D eigenvalue weighted by Gasteiger charge is -2.22. The van der Waals surface area contributed by atoms with E-state index in [4.69, 9.17) is 0 Å². The summed E-state index contributed by atoms with van der Waals surface area (Å²) in [6, 6.07) is 4.95. The van der Waals surface area contributed by atoms with Gasteiger partial charge in [-0.2, -0.15) is 0 Å². The molecule has 0 spiro atoms. The minimum atomic E-state index is 0.553. The summed E-state index contributed by atoms with van der Waals surface area (Å²) >= 11 is 1.87. The highest BCUT2D eigenvalue weighted by Crippen LogP contribution is 2.21.